The number of hydrogen-bond donors (Lipinski definition) is 3. The van der Waals surface area contributed by atoms with Gasteiger partial charge < -0.3 is 15.7 Å². The second-order valence-corrected chi connectivity index (χ2v) is 4.83. The molecule has 0 saturated carbocycles. The van der Waals surface area contributed by atoms with Gasteiger partial charge in [0.25, 0.3) is 0 Å². The third-order valence-corrected chi connectivity index (χ3v) is 3.01. The fourth-order valence-corrected chi connectivity index (χ4v) is 1.48. The Morgan fingerprint density at radius 2 is 1.63 bits per heavy atom. The molecule has 19 heavy (non-hydrogen) atoms. The topological polar surface area (TPSA) is 78.4 Å². The van der Waals surface area contributed by atoms with Crippen molar-refractivity contribution in [3.63, 3.8) is 0 Å². The predicted molar refractivity (Wildman–Crippen MR) is 72.8 cm³/mol. The lowest BCUT2D eigenvalue weighted by molar-refractivity contribution is -0.139. The van der Waals surface area contributed by atoms with Gasteiger partial charge in [0.05, 0.1) is 0 Å². The summed E-state index contributed by atoms with van der Waals surface area (Å²) < 4.78 is 0. The van der Waals surface area contributed by atoms with E-state index >= 15 is 0 Å². The van der Waals surface area contributed by atoms with Crippen LogP contribution in [0.2, 0.25) is 0 Å². The number of nitrogens with one attached hydrogen (secondary N) is 2. The highest BCUT2D eigenvalue weighted by atomic mass is 16.4. The highest BCUT2D eigenvalue weighted by molar-refractivity contribution is 5.83. The van der Waals surface area contributed by atoms with Gasteiger partial charge in [0.15, 0.2) is 6.04 Å². The second-order valence-electron chi connectivity index (χ2n) is 4.83. The first-order valence-electron chi connectivity index (χ1n) is 6.26. The van der Waals surface area contributed by atoms with Gasteiger partial charge in [0, 0.05) is 6.04 Å². The predicted octanol–water partition coefficient (Wildman–Crippen LogP) is 2.16. The quantitative estimate of drug-likeness (QED) is 0.762. The molecule has 3 N–H and O–H groups in total. The van der Waals surface area contributed by atoms with Crippen LogP contribution in [0, 0.1) is 5.92 Å². The Bertz CT molecular complexity index is 432. The van der Waals surface area contributed by atoms with E-state index in [1.165, 1.54) is 0 Å². The lowest BCUT2D eigenvalue weighted by atomic mass is 10.1. The number of carboxylic acid groups (broad SMARTS) is 1. The van der Waals surface area contributed by atoms with Crippen LogP contribution in [-0.2, 0) is 4.79 Å². The molecule has 1 rings (SSSR count). The van der Waals surface area contributed by atoms with Gasteiger partial charge in [-0.15, -0.1) is 0 Å². The van der Waals surface area contributed by atoms with Crippen LogP contribution in [0.25, 0.3) is 0 Å². The van der Waals surface area contributed by atoms with E-state index in [1.54, 1.807) is 30.3 Å². The standard InChI is InChI=1S/C14H20N2O3/c1-9(2)10(3)15-14(19)16-12(13(17)18)11-7-5-4-6-8-11/h4-10,12H,1-3H3,(H,17,18)(H2,15,16,19). The molecule has 1 aromatic carbocycles. The maximum absolute atomic E-state index is 11.8. The minimum atomic E-state index is -1.08. The van der Waals surface area contributed by atoms with Crippen molar-refractivity contribution in [2.45, 2.75) is 32.9 Å². The Morgan fingerprint density at radius 3 is 2.11 bits per heavy atom. The fraction of sp³-hybridized carbons (Fsp3) is 0.429. The lowest BCUT2D eigenvalue weighted by Crippen LogP contribution is -2.45. The minimum absolute atomic E-state index is 0.0229. The summed E-state index contributed by atoms with van der Waals surface area (Å²) in [5, 5.41) is 14.4. The third-order valence-electron chi connectivity index (χ3n) is 3.01. The number of carbonyl (C=O) groups is 2. The number of hydrogen-bond acceptors (Lipinski definition) is 2. The largest absolute Gasteiger partial charge is 0.479 e. The zero-order valence-corrected chi connectivity index (χ0v) is 11.4. The van der Waals surface area contributed by atoms with Crippen LogP contribution in [0.4, 0.5) is 4.79 Å². The van der Waals surface area contributed by atoms with Crippen molar-refractivity contribution in [2.24, 2.45) is 5.92 Å². The van der Waals surface area contributed by atoms with Gasteiger partial charge in [-0.05, 0) is 18.4 Å². The minimum Gasteiger partial charge on any atom is -0.479 e. The number of benzene rings is 1. The van der Waals surface area contributed by atoms with E-state index < -0.39 is 18.0 Å². The van der Waals surface area contributed by atoms with E-state index in [9.17, 15) is 14.7 Å². The SMILES string of the molecule is CC(C)C(C)NC(=O)NC(C(=O)O)c1ccccc1. The van der Waals surface area contributed by atoms with Crippen LogP contribution < -0.4 is 10.6 Å². The molecule has 0 aliphatic rings. The van der Waals surface area contributed by atoms with Crippen molar-refractivity contribution >= 4 is 12.0 Å². The maximum atomic E-state index is 11.8. The average molecular weight is 264 g/mol. The molecule has 2 unspecified atom stereocenters. The van der Waals surface area contributed by atoms with Crippen LogP contribution in [0.1, 0.15) is 32.4 Å². The van der Waals surface area contributed by atoms with E-state index in [4.69, 9.17) is 0 Å². The summed E-state index contributed by atoms with van der Waals surface area (Å²) in [6.45, 7) is 5.84. The molecule has 2 amide bonds. The normalized spacial score (nSPS) is 13.7. The molecule has 1 aromatic rings. The highest BCUT2D eigenvalue weighted by Crippen LogP contribution is 2.12. The molecule has 0 aliphatic heterocycles. The average Bonchev–Trinajstić information content (AvgIpc) is 2.36. The van der Waals surface area contributed by atoms with Crippen molar-refractivity contribution < 1.29 is 14.7 Å². The monoisotopic (exact) mass is 264 g/mol. The molecule has 5 heteroatoms. The fourth-order valence-electron chi connectivity index (χ4n) is 1.48. The van der Waals surface area contributed by atoms with Crippen molar-refractivity contribution in [3.8, 4) is 0 Å². The van der Waals surface area contributed by atoms with Crippen LogP contribution in [0.15, 0.2) is 30.3 Å². The third kappa shape index (κ3) is 4.62. The Labute approximate surface area is 113 Å². The summed E-state index contributed by atoms with van der Waals surface area (Å²) in [6.07, 6.45) is 0. The van der Waals surface area contributed by atoms with Crippen molar-refractivity contribution in [1.29, 1.82) is 0 Å². The van der Waals surface area contributed by atoms with E-state index in [1.807, 2.05) is 20.8 Å². The van der Waals surface area contributed by atoms with Crippen molar-refractivity contribution in [1.82, 2.24) is 10.6 Å². The van der Waals surface area contributed by atoms with Crippen molar-refractivity contribution in [3.05, 3.63) is 35.9 Å². The summed E-state index contributed by atoms with van der Waals surface area (Å²) in [4.78, 5) is 23.0. The van der Waals surface area contributed by atoms with E-state index in [0.717, 1.165) is 0 Å². The summed E-state index contributed by atoms with van der Waals surface area (Å²) in [7, 11) is 0. The Balaban J connectivity index is 2.70. The van der Waals surface area contributed by atoms with Gasteiger partial charge in [0.1, 0.15) is 0 Å². The smallest absolute Gasteiger partial charge is 0.330 e. The summed E-state index contributed by atoms with van der Waals surface area (Å²) in [6, 6.07) is 7.07. The first-order chi connectivity index (χ1) is 8.91. The molecule has 2 atom stereocenters. The maximum Gasteiger partial charge on any atom is 0.330 e. The van der Waals surface area contributed by atoms with E-state index in [0.29, 0.717) is 5.56 Å². The molecule has 0 spiro atoms. The van der Waals surface area contributed by atoms with Crippen LogP contribution in [-0.4, -0.2) is 23.1 Å². The Morgan fingerprint density at radius 1 is 1.05 bits per heavy atom. The second kappa shape index (κ2) is 6.78. The van der Waals surface area contributed by atoms with Gasteiger partial charge >= 0.3 is 12.0 Å². The molecule has 0 aromatic heterocycles. The first-order valence-corrected chi connectivity index (χ1v) is 6.26. The number of carbonyl (C=O) groups excluding carboxylic acids is 1. The van der Waals surface area contributed by atoms with Crippen LogP contribution >= 0.6 is 0 Å². The Kier molecular flexibility index (Phi) is 5.36. The number of amides is 2. The van der Waals surface area contributed by atoms with Crippen molar-refractivity contribution in [2.75, 3.05) is 0 Å². The molecule has 0 fully saturated rings. The molecule has 0 saturated heterocycles. The zero-order valence-electron chi connectivity index (χ0n) is 11.4. The summed E-state index contributed by atoms with van der Waals surface area (Å²) in [5.41, 5.74) is 0.544. The Hall–Kier alpha value is -2.04. The summed E-state index contributed by atoms with van der Waals surface area (Å²) in [5.74, 6) is -0.802. The van der Waals surface area contributed by atoms with Gasteiger partial charge in [-0.1, -0.05) is 44.2 Å². The molecule has 104 valence electrons. The molecule has 0 bridgehead atoms. The molecule has 0 heterocycles. The molecule has 5 nitrogen and oxygen atoms in total. The van der Waals surface area contributed by atoms with Crippen LogP contribution in [0.3, 0.4) is 0 Å². The van der Waals surface area contributed by atoms with Gasteiger partial charge in [-0.2, -0.15) is 0 Å². The number of urea groups is 1. The summed E-state index contributed by atoms with van der Waals surface area (Å²) >= 11 is 0. The highest BCUT2D eigenvalue weighted by Gasteiger charge is 2.22. The molecular formula is C14H20N2O3. The van der Waals surface area contributed by atoms with E-state index in [-0.39, 0.29) is 12.0 Å². The lowest BCUT2D eigenvalue weighted by Gasteiger charge is -2.20. The van der Waals surface area contributed by atoms with Crippen LogP contribution in [0.5, 0.6) is 0 Å². The molecule has 0 radical (unpaired) electrons. The van der Waals surface area contributed by atoms with Gasteiger partial charge in [-0.3, -0.25) is 0 Å². The van der Waals surface area contributed by atoms with E-state index in [2.05, 4.69) is 10.6 Å². The first kappa shape index (κ1) is 15.0. The number of aliphatic carboxylic acids is 1. The number of rotatable bonds is 5. The molecular weight excluding hydrogens is 244 g/mol. The van der Waals surface area contributed by atoms with Gasteiger partial charge in [-0.25, -0.2) is 9.59 Å². The number of carboxylic acids is 1. The molecule has 0 aliphatic carbocycles. The zero-order chi connectivity index (χ0) is 14.4. The van der Waals surface area contributed by atoms with Gasteiger partial charge in [0.2, 0.25) is 0 Å².